The van der Waals surface area contributed by atoms with E-state index in [0.717, 1.165) is 4.90 Å². The van der Waals surface area contributed by atoms with Crippen LogP contribution in [0.1, 0.15) is 38.1 Å². The summed E-state index contributed by atoms with van der Waals surface area (Å²) in [6, 6.07) is 12.4. The summed E-state index contributed by atoms with van der Waals surface area (Å²) in [5.41, 5.74) is -0.833. The third-order valence-corrected chi connectivity index (χ3v) is 4.82. The average Bonchev–Trinajstić information content (AvgIpc) is 2.75. The van der Waals surface area contributed by atoms with Gasteiger partial charge < -0.3 is 9.47 Å². The Kier molecular flexibility index (Phi) is 7.90. The number of alkyl halides is 2. The molecule has 0 aliphatic carbocycles. The topological polar surface area (TPSA) is 55.8 Å². The van der Waals surface area contributed by atoms with Gasteiger partial charge in [0, 0.05) is 24.7 Å². The molecule has 0 unspecified atom stereocenters. The number of carbonyl (C=O) groups excluding carboxylic acids is 2. The molecule has 37 heavy (non-hydrogen) atoms. The van der Waals surface area contributed by atoms with Crippen molar-refractivity contribution in [1.29, 1.82) is 0 Å². The van der Waals surface area contributed by atoms with Gasteiger partial charge in [-0.2, -0.15) is 8.78 Å². The van der Waals surface area contributed by atoms with Crippen LogP contribution in [0, 0.1) is 17.5 Å². The Morgan fingerprint density at radius 3 is 1.97 bits per heavy atom. The predicted octanol–water partition coefficient (Wildman–Crippen LogP) is 6.75. The van der Waals surface area contributed by atoms with Gasteiger partial charge >= 0.3 is 12.1 Å². The van der Waals surface area contributed by atoms with Crippen molar-refractivity contribution in [2.75, 3.05) is 11.4 Å². The van der Waals surface area contributed by atoms with E-state index in [2.05, 4.69) is 4.74 Å². The van der Waals surface area contributed by atoms with Gasteiger partial charge in [-0.3, -0.25) is 14.5 Å². The van der Waals surface area contributed by atoms with Gasteiger partial charge in [0.15, 0.2) is 0 Å². The van der Waals surface area contributed by atoms with Crippen molar-refractivity contribution >= 4 is 17.6 Å². The van der Waals surface area contributed by atoms with Gasteiger partial charge in [0.05, 0.1) is 0 Å². The third kappa shape index (κ3) is 7.52. The van der Waals surface area contributed by atoms with E-state index in [0.29, 0.717) is 30.2 Å². The second-order valence-electron chi connectivity index (χ2n) is 9.21. The summed E-state index contributed by atoms with van der Waals surface area (Å²) in [5.74, 6) is -6.23. The standard InChI is InChI=1S/C27H24F5NO4/c1-26(2,3)37-23(34)15-33(25(35)24-21(29)13-18(28)14-22(24)30)19-7-5-6-17(12-19)16-8-10-20(11-9-16)36-27(4,31)32/h5-14H,15H2,1-4H3. The maximum atomic E-state index is 14.4. The van der Waals surface area contributed by atoms with Gasteiger partial charge in [-0.1, -0.05) is 24.3 Å². The summed E-state index contributed by atoms with van der Waals surface area (Å²) in [6.45, 7) is 4.73. The van der Waals surface area contributed by atoms with Crippen molar-refractivity contribution in [1.82, 2.24) is 0 Å². The summed E-state index contributed by atoms with van der Waals surface area (Å²) in [4.78, 5) is 26.6. The molecule has 3 rings (SSSR count). The molecule has 0 aliphatic heterocycles. The first-order valence-corrected chi connectivity index (χ1v) is 11.1. The molecule has 196 valence electrons. The van der Waals surface area contributed by atoms with Crippen molar-refractivity contribution < 1.29 is 41.0 Å². The largest absolute Gasteiger partial charge is 0.459 e. The second-order valence-corrected chi connectivity index (χ2v) is 9.21. The van der Waals surface area contributed by atoms with Crippen LogP contribution < -0.4 is 9.64 Å². The van der Waals surface area contributed by atoms with E-state index in [9.17, 15) is 31.5 Å². The van der Waals surface area contributed by atoms with Crippen molar-refractivity contribution in [3.8, 4) is 16.9 Å². The maximum absolute atomic E-state index is 14.4. The Bertz CT molecular complexity index is 1270. The number of esters is 1. The molecule has 3 aromatic carbocycles. The Labute approximate surface area is 210 Å². The van der Waals surface area contributed by atoms with E-state index in [1.165, 1.54) is 42.5 Å². The quantitative estimate of drug-likeness (QED) is 0.255. The van der Waals surface area contributed by atoms with Crippen molar-refractivity contribution in [2.24, 2.45) is 0 Å². The van der Waals surface area contributed by atoms with E-state index < -0.39 is 53.1 Å². The smallest absolute Gasteiger partial charge is 0.394 e. The molecule has 0 atom stereocenters. The van der Waals surface area contributed by atoms with Gasteiger partial charge in [-0.25, -0.2) is 13.2 Å². The minimum absolute atomic E-state index is 0.0728. The first-order chi connectivity index (χ1) is 17.1. The molecule has 0 saturated carbocycles. The van der Waals surface area contributed by atoms with E-state index in [4.69, 9.17) is 4.74 Å². The van der Waals surface area contributed by atoms with Gasteiger partial charge in [-0.15, -0.1) is 0 Å². The van der Waals surface area contributed by atoms with Crippen LogP contribution in [0.4, 0.5) is 27.6 Å². The fourth-order valence-corrected chi connectivity index (χ4v) is 3.44. The molecule has 0 saturated heterocycles. The zero-order chi connectivity index (χ0) is 27.5. The Morgan fingerprint density at radius 2 is 1.43 bits per heavy atom. The first-order valence-electron chi connectivity index (χ1n) is 11.1. The van der Waals surface area contributed by atoms with E-state index in [-0.39, 0.29) is 11.4 Å². The zero-order valence-electron chi connectivity index (χ0n) is 20.5. The van der Waals surface area contributed by atoms with Crippen molar-refractivity contribution in [3.63, 3.8) is 0 Å². The fraction of sp³-hybridized carbons (Fsp3) is 0.259. The lowest BCUT2D eigenvalue weighted by Gasteiger charge is -2.26. The normalized spacial score (nSPS) is 11.7. The van der Waals surface area contributed by atoms with E-state index >= 15 is 0 Å². The molecule has 1 amide bonds. The highest BCUT2D eigenvalue weighted by Crippen LogP contribution is 2.30. The molecule has 0 aromatic heterocycles. The van der Waals surface area contributed by atoms with Crippen LogP contribution in [0.2, 0.25) is 0 Å². The molecule has 0 heterocycles. The SMILES string of the molecule is CC(C)(C)OC(=O)CN(C(=O)c1c(F)cc(F)cc1F)c1cccc(-c2ccc(OC(C)(F)F)cc2)c1. The monoisotopic (exact) mass is 521 g/mol. The molecule has 3 aromatic rings. The third-order valence-electron chi connectivity index (χ3n) is 4.82. The maximum Gasteiger partial charge on any atom is 0.394 e. The lowest BCUT2D eigenvalue weighted by Crippen LogP contribution is -2.39. The van der Waals surface area contributed by atoms with Gasteiger partial charge in [0.1, 0.15) is 40.9 Å². The summed E-state index contributed by atoms with van der Waals surface area (Å²) in [6.07, 6.45) is -3.37. The van der Waals surface area contributed by atoms with Crippen molar-refractivity contribution in [2.45, 2.75) is 39.4 Å². The Hall–Kier alpha value is -3.95. The molecule has 0 spiro atoms. The highest BCUT2D eigenvalue weighted by molar-refractivity contribution is 6.09. The number of amides is 1. The van der Waals surface area contributed by atoms with Gasteiger partial charge in [-0.05, 0) is 56.2 Å². The van der Waals surface area contributed by atoms with Crippen molar-refractivity contribution in [3.05, 3.63) is 83.7 Å². The average molecular weight is 521 g/mol. The number of hydrogen-bond acceptors (Lipinski definition) is 4. The van der Waals surface area contributed by atoms with E-state index in [1.807, 2.05) is 0 Å². The second kappa shape index (κ2) is 10.6. The van der Waals surface area contributed by atoms with Gasteiger partial charge in [0.2, 0.25) is 0 Å². The molecule has 0 fully saturated rings. The number of hydrogen-bond donors (Lipinski definition) is 0. The van der Waals surface area contributed by atoms with Crippen LogP contribution in [0.5, 0.6) is 5.75 Å². The minimum atomic E-state index is -3.37. The number of anilines is 1. The zero-order valence-corrected chi connectivity index (χ0v) is 20.5. The molecular formula is C27H24F5NO4. The first kappa shape index (κ1) is 27.6. The predicted molar refractivity (Wildman–Crippen MR) is 127 cm³/mol. The van der Waals surface area contributed by atoms with Gasteiger partial charge in [0.25, 0.3) is 5.91 Å². The molecule has 0 bridgehead atoms. The van der Waals surface area contributed by atoms with Crippen LogP contribution in [-0.2, 0) is 9.53 Å². The number of benzene rings is 3. The Balaban J connectivity index is 2.01. The minimum Gasteiger partial charge on any atom is -0.459 e. The van der Waals surface area contributed by atoms with Crippen LogP contribution >= 0.6 is 0 Å². The molecule has 10 heteroatoms. The molecule has 0 N–H and O–H groups in total. The Morgan fingerprint density at radius 1 is 0.838 bits per heavy atom. The molecule has 0 aliphatic rings. The fourth-order valence-electron chi connectivity index (χ4n) is 3.44. The summed E-state index contributed by atoms with van der Waals surface area (Å²) in [7, 11) is 0. The number of ether oxygens (including phenoxy) is 2. The molecule has 5 nitrogen and oxygen atoms in total. The van der Waals surface area contributed by atoms with Crippen LogP contribution in [0.3, 0.4) is 0 Å². The summed E-state index contributed by atoms with van der Waals surface area (Å²) >= 11 is 0. The van der Waals surface area contributed by atoms with Crippen LogP contribution in [0.15, 0.2) is 60.7 Å². The summed E-state index contributed by atoms with van der Waals surface area (Å²) in [5, 5.41) is 0. The summed E-state index contributed by atoms with van der Waals surface area (Å²) < 4.78 is 78.3. The highest BCUT2D eigenvalue weighted by atomic mass is 19.3. The van der Waals surface area contributed by atoms with E-state index in [1.54, 1.807) is 26.8 Å². The highest BCUT2D eigenvalue weighted by Gasteiger charge is 2.29. The number of nitrogens with zero attached hydrogens (tertiary/aromatic N) is 1. The number of rotatable bonds is 7. The number of carbonyl (C=O) groups is 2. The molecular weight excluding hydrogens is 497 g/mol. The van der Waals surface area contributed by atoms with Crippen LogP contribution in [-0.4, -0.2) is 30.1 Å². The lowest BCUT2D eigenvalue weighted by atomic mass is 10.0. The number of halogens is 5. The lowest BCUT2D eigenvalue weighted by molar-refractivity contribution is -0.159. The molecule has 0 radical (unpaired) electrons. The van der Waals surface area contributed by atoms with Crippen LogP contribution in [0.25, 0.3) is 11.1 Å².